The molecule has 1 aromatic carbocycles. The first-order chi connectivity index (χ1) is 18.3. The number of thioether (sulfide) groups is 1. The van der Waals surface area contributed by atoms with E-state index in [1.165, 1.54) is 31.0 Å². The van der Waals surface area contributed by atoms with Crippen LogP contribution in [-0.4, -0.2) is 71.0 Å². The first kappa shape index (κ1) is 28.9. The Morgan fingerprint density at radius 1 is 1.11 bits per heavy atom. The second-order valence-electron chi connectivity index (χ2n) is 10.5. The van der Waals surface area contributed by atoms with Crippen LogP contribution in [0.2, 0.25) is 0 Å². The number of nitrogens with zero attached hydrogens (tertiary/aromatic N) is 2. The van der Waals surface area contributed by atoms with Gasteiger partial charge in [-0.1, -0.05) is 42.9 Å². The molecule has 4 rings (SSSR count). The molecule has 9 heteroatoms. The summed E-state index contributed by atoms with van der Waals surface area (Å²) in [7, 11) is 1.64. The lowest BCUT2D eigenvalue weighted by molar-refractivity contribution is -0.143. The molecule has 2 amide bonds. The van der Waals surface area contributed by atoms with Gasteiger partial charge in [0, 0.05) is 26.1 Å². The van der Waals surface area contributed by atoms with Crippen molar-refractivity contribution < 1.29 is 23.8 Å². The quantitative estimate of drug-likeness (QED) is 0.203. The molecule has 1 aliphatic carbocycles. The lowest BCUT2D eigenvalue weighted by atomic mass is 9.98. The zero-order valence-electron chi connectivity index (χ0n) is 22.8. The molecular formula is C29H40N2O5S2. The van der Waals surface area contributed by atoms with Crippen LogP contribution in [0.15, 0.2) is 23.1 Å². The molecule has 1 aromatic rings. The Balaban J connectivity index is 1.25. The maximum absolute atomic E-state index is 13.1. The number of amides is 2. The van der Waals surface area contributed by atoms with Crippen molar-refractivity contribution in [2.45, 2.75) is 89.9 Å². The Labute approximate surface area is 236 Å². The molecule has 2 heterocycles. The summed E-state index contributed by atoms with van der Waals surface area (Å²) < 4.78 is 18.1. The van der Waals surface area contributed by atoms with E-state index in [0.29, 0.717) is 41.0 Å². The van der Waals surface area contributed by atoms with E-state index >= 15 is 0 Å². The summed E-state index contributed by atoms with van der Waals surface area (Å²) in [5.74, 6) is 1.55. The minimum atomic E-state index is -0.0612. The molecule has 2 saturated heterocycles. The maximum atomic E-state index is 13.1. The van der Waals surface area contributed by atoms with Crippen molar-refractivity contribution in [2.75, 3.05) is 26.7 Å². The first-order valence-corrected chi connectivity index (χ1v) is 15.1. The van der Waals surface area contributed by atoms with E-state index in [1.54, 1.807) is 12.0 Å². The number of ether oxygens (including phenoxy) is 3. The minimum Gasteiger partial charge on any atom is -0.493 e. The Morgan fingerprint density at radius 3 is 2.55 bits per heavy atom. The number of morpholine rings is 1. The topological polar surface area (TPSA) is 68.3 Å². The monoisotopic (exact) mass is 560 g/mol. The van der Waals surface area contributed by atoms with E-state index in [0.717, 1.165) is 43.4 Å². The number of hydrogen-bond acceptors (Lipinski definition) is 7. The average Bonchev–Trinajstić information content (AvgIpc) is 3.16. The second kappa shape index (κ2) is 13.8. The van der Waals surface area contributed by atoms with Crippen molar-refractivity contribution in [1.82, 2.24) is 9.80 Å². The summed E-state index contributed by atoms with van der Waals surface area (Å²) in [4.78, 5) is 29.8. The van der Waals surface area contributed by atoms with Crippen LogP contribution in [0.25, 0.3) is 6.08 Å². The highest BCUT2D eigenvalue weighted by Crippen LogP contribution is 2.36. The summed E-state index contributed by atoms with van der Waals surface area (Å²) in [6.45, 7) is 5.90. The number of hydrogen-bond donors (Lipinski definition) is 0. The number of benzene rings is 1. The van der Waals surface area contributed by atoms with E-state index < -0.39 is 0 Å². The van der Waals surface area contributed by atoms with Crippen LogP contribution in [0.4, 0.5) is 0 Å². The fourth-order valence-corrected chi connectivity index (χ4v) is 6.65. The van der Waals surface area contributed by atoms with E-state index in [4.69, 9.17) is 26.4 Å². The van der Waals surface area contributed by atoms with Crippen LogP contribution in [0, 0.1) is 0 Å². The van der Waals surface area contributed by atoms with Crippen LogP contribution in [0.5, 0.6) is 11.5 Å². The van der Waals surface area contributed by atoms with Gasteiger partial charge in [-0.05, 0) is 76.1 Å². The summed E-state index contributed by atoms with van der Waals surface area (Å²) in [5.41, 5.74) is 0.878. The lowest BCUT2D eigenvalue weighted by Gasteiger charge is -2.35. The van der Waals surface area contributed by atoms with Gasteiger partial charge >= 0.3 is 0 Å². The van der Waals surface area contributed by atoms with Gasteiger partial charge in [0.05, 0.1) is 30.3 Å². The number of carbonyl (C=O) groups is 2. The van der Waals surface area contributed by atoms with Gasteiger partial charge in [-0.3, -0.25) is 14.5 Å². The van der Waals surface area contributed by atoms with Crippen LogP contribution in [-0.2, 0) is 14.3 Å². The Bertz CT molecular complexity index is 1030. The van der Waals surface area contributed by atoms with Gasteiger partial charge in [0.25, 0.3) is 5.91 Å². The minimum absolute atomic E-state index is 0.0612. The van der Waals surface area contributed by atoms with Gasteiger partial charge in [0.2, 0.25) is 5.91 Å². The zero-order chi connectivity index (χ0) is 27.1. The number of carbonyl (C=O) groups excluding carboxylic acids is 2. The molecule has 0 radical (unpaired) electrons. The summed E-state index contributed by atoms with van der Waals surface area (Å²) >= 11 is 6.84. The molecule has 3 fully saturated rings. The van der Waals surface area contributed by atoms with E-state index in [-0.39, 0.29) is 30.1 Å². The average molecular weight is 561 g/mol. The second-order valence-corrected chi connectivity index (χ2v) is 12.2. The number of methoxy groups -OCH3 is 1. The van der Waals surface area contributed by atoms with Crippen molar-refractivity contribution in [3.8, 4) is 11.5 Å². The van der Waals surface area contributed by atoms with Crippen LogP contribution >= 0.6 is 24.0 Å². The molecule has 2 aliphatic heterocycles. The van der Waals surface area contributed by atoms with Crippen molar-refractivity contribution in [1.29, 1.82) is 0 Å². The molecule has 38 heavy (non-hydrogen) atoms. The summed E-state index contributed by atoms with van der Waals surface area (Å²) in [6, 6.07) is 5.80. The fraction of sp³-hybridized carbons (Fsp3) is 0.621. The fourth-order valence-electron chi connectivity index (χ4n) is 5.34. The van der Waals surface area contributed by atoms with Gasteiger partial charge in [-0.2, -0.15) is 0 Å². The van der Waals surface area contributed by atoms with Crippen LogP contribution < -0.4 is 9.47 Å². The third kappa shape index (κ3) is 7.73. The maximum Gasteiger partial charge on any atom is 0.266 e. The van der Waals surface area contributed by atoms with E-state index in [9.17, 15) is 9.59 Å². The molecule has 2 unspecified atom stereocenters. The van der Waals surface area contributed by atoms with Gasteiger partial charge in [0.1, 0.15) is 4.32 Å². The SMILES string of the molecule is COc1cc(/C=C2\SC(=S)N(CCCCCC(=O)N3CC(C)OC(C)C3)C2=O)ccc1OC1CCCCC1. The molecule has 7 nitrogen and oxygen atoms in total. The zero-order valence-corrected chi connectivity index (χ0v) is 24.4. The molecule has 2 atom stereocenters. The van der Waals surface area contributed by atoms with Gasteiger partial charge in [-0.15, -0.1) is 0 Å². The highest BCUT2D eigenvalue weighted by molar-refractivity contribution is 8.26. The Morgan fingerprint density at radius 2 is 1.84 bits per heavy atom. The number of rotatable bonds is 10. The molecule has 0 spiro atoms. The molecule has 0 aromatic heterocycles. The van der Waals surface area contributed by atoms with E-state index in [2.05, 4.69) is 0 Å². The lowest BCUT2D eigenvalue weighted by Crippen LogP contribution is -2.48. The van der Waals surface area contributed by atoms with Crippen molar-refractivity contribution in [3.05, 3.63) is 28.7 Å². The highest BCUT2D eigenvalue weighted by Gasteiger charge is 2.32. The van der Waals surface area contributed by atoms with Gasteiger partial charge in [-0.25, -0.2) is 0 Å². The third-order valence-corrected chi connectivity index (χ3v) is 8.63. The Hall–Kier alpha value is -2.10. The van der Waals surface area contributed by atoms with Gasteiger partial charge in [0.15, 0.2) is 11.5 Å². The number of thiocarbonyl (C=S) groups is 1. The van der Waals surface area contributed by atoms with Crippen molar-refractivity contribution in [2.24, 2.45) is 0 Å². The Kier molecular flexibility index (Phi) is 10.5. The normalized spacial score (nSPS) is 23.8. The van der Waals surface area contributed by atoms with Gasteiger partial charge < -0.3 is 19.1 Å². The largest absolute Gasteiger partial charge is 0.493 e. The standard InChI is InChI=1S/C29H40N2O5S2/c1-20-18-30(19-21(2)35-20)27(32)12-8-5-9-15-31-28(33)26(38-29(31)37)17-22-13-14-24(25(16-22)34-3)36-23-10-6-4-7-11-23/h13-14,16-17,20-21,23H,4-12,15,18-19H2,1-3H3/b26-17-. The summed E-state index contributed by atoms with van der Waals surface area (Å²) in [6.07, 6.45) is 11.1. The summed E-state index contributed by atoms with van der Waals surface area (Å²) in [5, 5.41) is 0. The van der Waals surface area contributed by atoms with Crippen LogP contribution in [0.3, 0.4) is 0 Å². The molecular weight excluding hydrogens is 520 g/mol. The van der Waals surface area contributed by atoms with Crippen LogP contribution in [0.1, 0.15) is 77.2 Å². The number of unbranched alkanes of at least 4 members (excludes halogenated alkanes) is 2. The molecule has 0 N–H and O–H groups in total. The van der Waals surface area contributed by atoms with E-state index in [1.807, 2.05) is 43.0 Å². The molecule has 208 valence electrons. The highest BCUT2D eigenvalue weighted by atomic mass is 32.2. The smallest absolute Gasteiger partial charge is 0.266 e. The molecule has 0 bridgehead atoms. The molecule has 3 aliphatic rings. The van der Waals surface area contributed by atoms with Crippen molar-refractivity contribution in [3.63, 3.8) is 0 Å². The third-order valence-electron chi connectivity index (χ3n) is 7.25. The first-order valence-electron chi connectivity index (χ1n) is 13.9. The van der Waals surface area contributed by atoms with Crippen molar-refractivity contribution >= 4 is 46.2 Å². The predicted octanol–water partition coefficient (Wildman–Crippen LogP) is 5.80. The molecule has 1 saturated carbocycles. The predicted molar refractivity (Wildman–Crippen MR) is 155 cm³/mol.